The quantitative estimate of drug-likeness (QED) is 0.507. The molecule has 4 N–H and O–H groups in total. The maximum Gasteiger partial charge on any atom is 0.490 e. The molecule has 174 valence electrons. The molecule has 3 aromatic rings. The predicted molar refractivity (Wildman–Crippen MR) is 107 cm³/mol. The van der Waals surface area contributed by atoms with Crippen LogP contribution in [0.25, 0.3) is 10.8 Å². The van der Waals surface area contributed by atoms with Crippen molar-refractivity contribution in [3.05, 3.63) is 56.7 Å². The number of fused-ring (bicyclic) bond motifs is 1. The van der Waals surface area contributed by atoms with Crippen LogP contribution in [0.2, 0.25) is 0 Å². The lowest BCUT2D eigenvalue weighted by Gasteiger charge is -2.08. The number of alkyl halides is 3. The van der Waals surface area contributed by atoms with E-state index in [1.54, 1.807) is 24.3 Å². The number of nitrogens with one attached hydrogen (secondary N) is 1. The van der Waals surface area contributed by atoms with E-state index >= 15 is 0 Å². The Balaban J connectivity index is 0.000000451. The number of nitrogens with two attached hydrogens (primary N) is 1. The number of carboxylic acid groups (broad SMARTS) is 1. The first-order valence-corrected chi connectivity index (χ1v) is 9.50. The van der Waals surface area contributed by atoms with Crippen molar-refractivity contribution in [2.45, 2.75) is 45.5 Å². The summed E-state index contributed by atoms with van der Waals surface area (Å²) >= 11 is 0. The first kappa shape index (κ1) is 24.8. The highest BCUT2D eigenvalue weighted by molar-refractivity contribution is 5.80. The molecule has 0 saturated heterocycles. The molecule has 2 heterocycles. The average Bonchev–Trinajstić information content (AvgIpc) is 3.18. The number of benzene rings is 1. The van der Waals surface area contributed by atoms with E-state index in [0.29, 0.717) is 34.8 Å². The highest BCUT2D eigenvalue weighted by Crippen LogP contribution is 2.16. The summed E-state index contributed by atoms with van der Waals surface area (Å²) in [5.74, 6) is -1.48. The fraction of sp³-hybridized carbons (Fsp3) is 0.421. The van der Waals surface area contributed by atoms with Gasteiger partial charge in [0.2, 0.25) is 5.89 Å². The molecule has 0 bridgehead atoms. The van der Waals surface area contributed by atoms with Gasteiger partial charge in [-0.2, -0.15) is 18.2 Å². The van der Waals surface area contributed by atoms with Gasteiger partial charge < -0.3 is 15.4 Å². The molecule has 0 aliphatic rings. The number of carbonyl (C=O) groups is 1. The fourth-order valence-corrected chi connectivity index (χ4v) is 2.74. The third-order valence-electron chi connectivity index (χ3n) is 4.22. The second-order valence-corrected chi connectivity index (χ2v) is 7.28. The number of hydrogen-bond donors (Lipinski definition) is 3. The van der Waals surface area contributed by atoms with E-state index < -0.39 is 12.1 Å². The van der Waals surface area contributed by atoms with Crippen LogP contribution in [0.5, 0.6) is 0 Å². The van der Waals surface area contributed by atoms with Crippen LogP contribution < -0.4 is 16.9 Å². The maximum atomic E-state index is 12.4. The minimum atomic E-state index is -5.08. The molecule has 1 unspecified atom stereocenters. The van der Waals surface area contributed by atoms with E-state index in [4.69, 9.17) is 20.2 Å². The maximum absolute atomic E-state index is 12.4. The van der Waals surface area contributed by atoms with Crippen molar-refractivity contribution in [3.63, 3.8) is 0 Å². The van der Waals surface area contributed by atoms with Crippen molar-refractivity contribution < 1.29 is 27.6 Å². The molecule has 1 aromatic carbocycles. The molecule has 0 aliphatic heterocycles. The van der Waals surface area contributed by atoms with Gasteiger partial charge in [0.05, 0.1) is 23.4 Å². The normalized spacial score (nSPS) is 12.5. The van der Waals surface area contributed by atoms with Gasteiger partial charge >= 0.3 is 12.1 Å². The van der Waals surface area contributed by atoms with Gasteiger partial charge in [0.1, 0.15) is 0 Å². The monoisotopic (exact) mass is 457 g/mol. The van der Waals surface area contributed by atoms with Crippen molar-refractivity contribution in [1.29, 1.82) is 0 Å². The Labute approximate surface area is 178 Å². The molecule has 32 heavy (non-hydrogen) atoms. The number of aryl methyl sites for hydroxylation is 2. The Kier molecular flexibility index (Phi) is 7.92. The van der Waals surface area contributed by atoms with Crippen molar-refractivity contribution >= 4 is 16.7 Å². The first-order valence-electron chi connectivity index (χ1n) is 9.50. The molecule has 2 aromatic heterocycles. The Morgan fingerprint density at radius 3 is 2.41 bits per heavy atom. The van der Waals surface area contributed by atoms with Crippen molar-refractivity contribution in [2.75, 3.05) is 0 Å². The van der Waals surface area contributed by atoms with Gasteiger partial charge in [-0.15, -0.1) is 0 Å². The molecule has 1 atom stereocenters. The smallest absolute Gasteiger partial charge is 0.475 e. The average molecular weight is 457 g/mol. The van der Waals surface area contributed by atoms with Crippen LogP contribution in [0.4, 0.5) is 13.2 Å². The molecule has 0 saturated carbocycles. The highest BCUT2D eigenvalue weighted by Gasteiger charge is 2.38. The van der Waals surface area contributed by atoms with Crippen molar-refractivity contribution in [3.8, 4) is 0 Å². The fourth-order valence-electron chi connectivity index (χ4n) is 2.74. The topological polar surface area (TPSA) is 157 Å². The van der Waals surface area contributed by atoms with Crippen LogP contribution in [0.15, 0.2) is 38.4 Å². The number of aromatic amines is 1. The Hall–Kier alpha value is -3.48. The van der Waals surface area contributed by atoms with Crippen molar-refractivity contribution in [2.24, 2.45) is 11.7 Å². The molecule has 0 aliphatic carbocycles. The SMILES string of the molecule is CC(C)CC(N)c1noc(CCn2[nH]c(=O)c3ccccc3c2=O)n1.O=C(O)C(F)(F)F. The first-order chi connectivity index (χ1) is 14.9. The summed E-state index contributed by atoms with van der Waals surface area (Å²) in [5, 5.41) is 14.4. The summed E-state index contributed by atoms with van der Waals surface area (Å²) in [6.07, 6.45) is -3.99. The molecular weight excluding hydrogens is 435 g/mol. The van der Waals surface area contributed by atoms with E-state index in [1.165, 1.54) is 4.68 Å². The summed E-state index contributed by atoms with van der Waals surface area (Å²) in [5.41, 5.74) is 5.47. The predicted octanol–water partition coefficient (Wildman–Crippen LogP) is 1.99. The third-order valence-corrected chi connectivity index (χ3v) is 4.22. The van der Waals surface area contributed by atoms with Gasteiger partial charge in [-0.25, -0.2) is 9.48 Å². The molecule has 0 amide bonds. The summed E-state index contributed by atoms with van der Waals surface area (Å²) in [7, 11) is 0. The molecule has 0 fully saturated rings. The lowest BCUT2D eigenvalue weighted by Crippen LogP contribution is -2.30. The number of aliphatic carboxylic acids is 1. The second kappa shape index (κ2) is 10.2. The molecular formula is C19H22F3N5O5. The Bertz CT molecular complexity index is 1180. The zero-order valence-electron chi connectivity index (χ0n) is 17.2. The zero-order valence-corrected chi connectivity index (χ0v) is 17.2. The number of rotatable bonds is 6. The van der Waals surface area contributed by atoms with Crippen LogP contribution >= 0.6 is 0 Å². The van der Waals surface area contributed by atoms with E-state index in [0.717, 1.165) is 6.42 Å². The van der Waals surface area contributed by atoms with Crippen LogP contribution in [0.1, 0.15) is 38.0 Å². The van der Waals surface area contributed by atoms with Crippen LogP contribution in [-0.4, -0.2) is 37.2 Å². The summed E-state index contributed by atoms with van der Waals surface area (Å²) in [6.45, 7) is 4.38. The number of halogens is 3. The number of nitrogens with zero attached hydrogens (tertiary/aromatic N) is 3. The number of hydrogen-bond acceptors (Lipinski definition) is 7. The van der Waals surface area contributed by atoms with Crippen molar-refractivity contribution in [1.82, 2.24) is 19.9 Å². The van der Waals surface area contributed by atoms with E-state index in [9.17, 15) is 22.8 Å². The summed E-state index contributed by atoms with van der Waals surface area (Å²) in [4.78, 5) is 37.7. The Morgan fingerprint density at radius 1 is 1.25 bits per heavy atom. The lowest BCUT2D eigenvalue weighted by molar-refractivity contribution is -0.192. The molecule has 3 rings (SSSR count). The number of aromatic nitrogens is 4. The summed E-state index contributed by atoms with van der Waals surface area (Å²) < 4.78 is 38.2. The number of carboxylic acids is 1. The lowest BCUT2D eigenvalue weighted by atomic mass is 10.0. The van der Waals surface area contributed by atoms with E-state index in [2.05, 4.69) is 29.1 Å². The molecule has 10 nitrogen and oxygen atoms in total. The van der Waals surface area contributed by atoms with Crippen LogP contribution in [0, 0.1) is 5.92 Å². The molecule has 0 spiro atoms. The summed E-state index contributed by atoms with van der Waals surface area (Å²) in [6, 6.07) is 6.44. The highest BCUT2D eigenvalue weighted by atomic mass is 19.4. The van der Waals surface area contributed by atoms with E-state index in [1.807, 2.05) is 0 Å². The number of H-pyrrole nitrogens is 1. The van der Waals surface area contributed by atoms with Gasteiger partial charge in [-0.1, -0.05) is 31.1 Å². The van der Waals surface area contributed by atoms with Crippen LogP contribution in [0.3, 0.4) is 0 Å². The second-order valence-electron chi connectivity index (χ2n) is 7.28. The van der Waals surface area contributed by atoms with Gasteiger partial charge in [0, 0.05) is 6.42 Å². The van der Waals surface area contributed by atoms with Gasteiger partial charge in [0.25, 0.3) is 11.1 Å². The molecule has 13 heteroatoms. The Morgan fingerprint density at radius 2 is 1.84 bits per heavy atom. The largest absolute Gasteiger partial charge is 0.490 e. The molecule has 0 radical (unpaired) electrons. The minimum absolute atomic E-state index is 0.236. The zero-order chi connectivity index (χ0) is 24.1. The van der Waals surface area contributed by atoms with Crippen LogP contribution in [-0.2, 0) is 17.8 Å². The van der Waals surface area contributed by atoms with Gasteiger partial charge in [-0.05, 0) is 24.5 Å². The standard InChI is InChI=1S/C17H21N5O3.C2HF3O2/c1-10(2)9-13(18)15-19-14(25-21-15)7-8-22-17(24)12-6-4-3-5-11(12)16(23)20-22;3-2(4,5)1(6)7/h3-6,10,13H,7-9,18H2,1-2H3,(H,20,23);(H,6,7). The minimum Gasteiger partial charge on any atom is -0.475 e. The van der Waals surface area contributed by atoms with Gasteiger partial charge in [0.15, 0.2) is 5.82 Å². The van der Waals surface area contributed by atoms with E-state index in [-0.39, 0.29) is 23.7 Å². The van der Waals surface area contributed by atoms with Gasteiger partial charge in [-0.3, -0.25) is 14.7 Å². The third kappa shape index (κ3) is 6.51.